The Balaban J connectivity index is 2.66. The minimum Gasteiger partial charge on any atom is -0.493 e. The zero-order chi connectivity index (χ0) is 11.4. The average molecular weight is 223 g/mol. The van der Waals surface area contributed by atoms with E-state index >= 15 is 0 Å². The topological polar surface area (TPSA) is 35.2 Å². The maximum absolute atomic E-state index is 5.67. The second-order valence-corrected chi connectivity index (χ2v) is 4.28. The quantitative estimate of drug-likeness (QED) is 0.797. The van der Waals surface area contributed by atoms with E-state index in [-0.39, 0.29) is 5.92 Å². The molecular weight excluding hydrogens is 206 g/mol. The summed E-state index contributed by atoms with van der Waals surface area (Å²) in [4.78, 5) is 0.500. The lowest BCUT2D eigenvalue weighted by Gasteiger charge is -2.14. The van der Waals surface area contributed by atoms with E-state index in [4.69, 9.17) is 22.7 Å². The molecule has 0 saturated carbocycles. The second kappa shape index (κ2) is 5.12. The summed E-state index contributed by atoms with van der Waals surface area (Å²) >= 11 is 4.89. The fraction of sp³-hybridized carbons (Fsp3) is 0.417. The summed E-state index contributed by atoms with van der Waals surface area (Å²) in [6.45, 7) is 6.63. The van der Waals surface area contributed by atoms with E-state index in [2.05, 4.69) is 19.9 Å². The summed E-state index contributed by atoms with van der Waals surface area (Å²) in [6.07, 6.45) is 0. The molecule has 3 heteroatoms. The van der Waals surface area contributed by atoms with E-state index in [9.17, 15) is 0 Å². The number of aryl methyl sites for hydroxylation is 1. The minimum atomic E-state index is 0.111. The zero-order valence-electron chi connectivity index (χ0n) is 9.41. The maximum Gasteiger partial charge on any atom is 0.122 e. The predicted octanol–water partition coefficient (Wildman–Crippen LogP) is 2.60. The highest BCUT2D eigenvalue weighted by Crippen LogP contribution is 2.21. The van der Waals surface area contributed by atoms with E-state index in [1.54, 1.807) is 0 Å². The Morgan fingerprint density at radius 1 is 1.47 bits per heavy atom. The van der Waals surface area contributed by atoms with Gasteiger partial charge in [-0.1, -0.05) is 31.3 Å². The van der Waals surface area contributed by atoms with Crippen LogP contribution >= 0.6 is 12.2 Å². The van der Waals surface area contributed by atoms with Gasteiger partial charge in [0.25, 0.3) is 0 Å². The Kier molecular flexibility index (Phi) is 4.09. The normalized spacial score (nSPS) is 12.2. The van der Waals surface area contributed by atoms with Gasteiger partial charge in [0, 0.05) is 5.92 Å². The third-order valence-corrected chi connectivity index (χ3v) is 2.93. The van der Waals surface area contributed by atoms with Gasteiger partial charge < -0.3 is 10.5 Å². The van der Waals surface area contributed by atoms with Crippen LogP contribution < -0.4 is 10.5 Å². The fourth-order valence-corrected chi connectivity index (χ4v) is 1.25. The summed E-state index contributed by atoms with van der Waals surface area (Å²) in [5.41, 5.74) is 7.93. The van der Waals surface area contributed by atoms with Crippen LogP contribution in [-0.4, -0.2) is 11.6 Å². The Hall–Kier alpha value is -1.09. The molecule has 0 bridgehead atoms. The SMILES string of the molecule is Cc1cccc(OCC(C)C(N)=S)c1C. The van der Waals surface area contributed by atoms with Gasteiger partial charge in [0.05, 0.1) is 11.6 Å². The molecule has 0 aromatic heterocycles. The van der Waals surface area contributed by atoms with Crippen molar-refractivity contribution in [3.63, 3.8) is 0 Å². The Morgan fingerprint density at radius 2 is 2.13 bits per heavy atom. The smallest absolute Gasteiger partial charge is 0.122 e. The van der Waals surface area contributed by atoms with Crippen molar-refractivity contribution in [2.75, 3.05) is 6.61 Å². The number of rotatable bonds is 4. The molecule has 1 atom stereocenters. The summed E-state index contributed by atoms with van der Waals surface area (Å²) in [7, 11) is 0. The molecule has 0 aliphatic carbocycles. The molecule has 0 amide bonds. The molecule has 0 heterocycles. The number of hydrogen-bond acceptors (Lipinski definition) is 2. The van der Waals surface area contributed by atoms with Gasteiger partial charge in [-0.3, -0.25) is 0 Å². The number of nitrogens with two attached hydrogens (primary N) is 1. The first-order valence-corrected chi connectivity index (χ1v) is 5.41. The van der Waals surface area contributed by atoms with E-state index in [0.717, 1.165) is 5.75 Å². The second-order valence-electron chi connectivity index (χ2n) is 3.81. The van der Waals surface area contributed by atoms with Crippen molar-refractivity contribution in [1.29, 1.82) is 0 Å². The zero-order valence-corrected chi connectivity index (χ0v) is 10.2. The van der Waals surface area contributed by atoms with Crippen LogP contribution in [0.5, 0.6) is 5.75 Å². The molecular formula is C12H17NOS. The Labute approximate surface area is 96.4 Å². The van der Waals surface area contributed by atoms with E-state index in [1.807, 2.05) is 19.1 Å². The number of benzene rings is 1. The summed E-state index contributed by atoms with van der Waals surface area (Å²) < 4.78 is 5.67. The summed E-state index contributed by atoms with van der Waals surface area (Å²) in [5.74, 6) is 1.03. The largest absolute Gasteiger partial charge is 0.493 e. The molecule has 82 valence electrons. The van der Waals surface area contributed by atoms with Crippen LogP contribution in [0.25, 0.3) is 0 Å². The van der Waals surface area contributed by atoms with Gasteiger partial charge in [0.2, 0.25) is 0 Å². The molecule has 0 saturated heterocycles. The van der Waals surface area contributed by atoms with Crippen LogP contribution in [0.4, 0.5) is 0 Å². The van der Waals surface area contributed by atoms with Gasteiger partial charge in [0.15, 0.2) is 0 Å². The van der Waals surface area contributed by atoms with Gasteiger partial charge in [0.1, 0.15) is 5.75 Å². The molecule has 1 aromatic rings. The van der Waals surface area contributed by atoms with Crippen molar-refractivity contribution in [2.45, 2.75) is 20.8 Å². The van der Waals surface area contributed by atoms with Crippen LogP contribution in [0.15, 0.2) is 18.2 Å². The molecule has 15 heavy (non-hydrogen) atoms. The highest BCUT2D eigenvalue weighted by Gasteiger charge is 2.07. The van der Waals surface area contributed by atoms with Gasteiger partial charge in [-0.05, 0) is 31.0 Å². The number of hydrogen-bond donors (Lipinski definition) is 1. The minimum absolute atomic E-state index is 0.111. The number of thiocarbonyl (C=S) groups is 1. The molecule has 2 N–H and O–H groups in total. The van der Waals surface area contributed by atoms with Gasteiger partial charge in [-0.15, -0.1) is 0 Å². The maximum atomic E-state index is 5.67. The van der Waals surface area contributed by atoms with Crippen LogP contribution in [0, 0.1) is 19.8 Å². The van der Waals surface area contributed by atoms with E-state index < -0.39 is 0 Å². The van der Waals surface area contributed by atoms with E-state index in [0.29, 0.717) is 11.6 Å². The van der Waals surface area contributed by atoms with Crippen molar-refractivity contribution < 1.29 is 4.74 Å². The molecule has 2 nitrogen and oxygen atoms in total. The van der Waals surface area contributed by atoms with Crippen molar-refractivity contribution in [2.24, 2.45) is 11.7 Å². The standard InChI is InChI=1S/C12H17NOS/c1-8-5-4-6-11(10(8)3)14-7-9(2)12(13)15/h4-6,9H,7H2,1-3H3,(H2,13,15). The predicted molar refractivity (Wildman–Crippen MR) is 67.4 cm³/mol. The van der Waals surface area contributed by atoms with Crippen molar-refractivity contribution >= 4 is 17.2 Å². The lowest BCUT2D eigenvalue weighted by Crippen LogP contribution is -2.24. The van der Waals surface area contributed by atoms with Crippen LogP contribution in [0.1, 0.15) is 18.1 Å². The molecule has 1 rings (SSSR count). The summed E-state index contributed by atoms with van der Waals surface area (Å²) in [5, 5.41) is 0. The molecule has 1 unspecified atom stereocenters. The third-order valence-electron chi connectivity index (χ3n) is 2.53. The van der Waals surface area contributed by atoms with Crippen LogP contribution in [-0.2, 0) is 0 Å². The van der Waals surface area contributed by atoms with Crippen molar-refractivity contribution in [3.8, 4) is 5.75 Å². The Morgan fingerprint density at radius 3 is 2.73 bits per heavy atom. The highest BCUT2D eigenvalue weighted by molar-refractivity contribution is 7.80. The Bertz CT molecular complexity index is 363. The van der Waals surface area contributed by atoms with Crippen molar-refractivity contribution in [1.82, 2.24) is 0 Å². The third kappa shape index (κ3) is 3.20. The van der Waals surface area contributed by atoms with E-state index in [1.165, 1.54) is 11.1 Å². The van der Waals surface area contributed by atoms with Crippen LogP contribution in [0.3, 0.4) is 0 Å². The molecule has 0 aliphatic rings. The highest BCUT2D eigenvalue weighted by atomic mass is 32.1. The fourth-order valence-electron chi connectivity index (χ4n) is 1.18. The lowest BCUT2D eigenvalue weighted by atomic mass is 10.1. The first-order valence-electron chi connectivity index (χ1n) is 5.00. The summed E-state index contributed by atoms with van der Waals surface area (Å²) in [6, 6.07) is 6.02. The molecule has 0 spiro atoms. The first-order chi connectivity index (χ1) is 7.02. The van der Waals surface area contributed by atoms with Crippen molar-refractivity contribution in [3.05, 3.63) is 29.3 Å². The average Bonchev–Trinajstić information content (AvgIpc) is 2.19. The monoisotopic (exact) mass is 223 g/mol. The van der Waals surface area contributed by atoms with Gasteiger partial charge >= 0.3 is 0 Å². The van der Waals surface area contributed by atoms with Crippen LogP contribution in [0.2, 0.25) is 0 Å². The van der Waals surface area contributed by atoms with Gasteiger partial charge in [-0.2, -0.15) is 0 Å². The molecule has 0 aliphatic heterocycles. The number of ether oxygens (including phenoxy) is 1. The first kappa shape index (κ1) is 12.0. The molecule has 0 radical (unpaired) electrons. The molecule has 1 aromatic carbocycles. The lowest BCUT2D eigenvalue weighted by molar-refractivity contribution is 0.291. The van der Waals surface area contributed by atoms with Gasteiger partial charge in [-0.25, -0.2) is 0 Å². The molecule has 0 fully saturated rings.